The van der Waals surface area contributed by atoms with Gasteiger partial charge in [0.1, 0.15) is 18.8 Å². The molecule has 0 saturated heterocycles. The maximum Gasteiger partial charge on any atom is 0.221 e. The first-order valence-corrected chi connectivity index (χ1v) is 7.11. The molecule has 0 spiro atoms. The normalized spacial score (nSPS) is 13.4. The fourth-order valence-corrected chi connectivity index (χ4v) is 2.14. The summed E-state index contributed by atoms with van der Waals surface area (Å²) < 4.78 is 11.0. The van der Waals surface area contributed by atoms with E-state index in [0.29, 0.717) is 19.6 Å². The number of hydrogen-bond donors (Lipinski definition) is 1. The zero-order valence-corrected chi connectivity index (χ0v) is 12.4. The molecule has 0 atom stereocenters. The lowest BCUT2D eigenvalue weighted by Crippen LogP contribution is -2.41. The molecule has 0 bridgehead atoms. The van der Waals surface area contributed by atoms with E-state index in [9.17, 15) is 4.79 Å². The van der Waals surface area contributed by atoms with Crippen LogP contribution in [0.4, 0.5) is 0 Å². The zero-order chi connectivity index (χ0) is 15.3. The van der Waals surface area contributed by atoms with Crippen molar-refractivity contribution in [2.45, 2.75) is 38.6 Å². The van der Waals surface area contributed by atoms with Crippen LogP contribution in [0.15, 0.2) is 18.2 Å². The Balaban J connectivity index is 1.81. The van der Waals surface area contributed by atoms with Crippen LogP contribution in [0.5, 0.6) is 11.5 Å². The molecule has 21 heavy (non-hydrogen) atoms. The summed E-state index contributed by atoms with van der Waals surface area (Å²) in [5.41, 5.74) is 0.306. The van der Waals surface area contributed by atoms with E-state index in [1.807, 2.05) is 18.2 Å². The van der Waals surface area contributed by atoms with Crippen LogP contribution in [0.3, 0.4) is 0 Å². The number of hydrogen-bond acceptors (Lipinski definition) is 4. The smallest absolute Gasteiger partial charge is 0.221 e. The topological polar surface area (TPSA) is 71.4 Å². The molecule has 1 heterocycles. The molecule has 0 radical (unpaired) electrons. The van der Waals surface area contributed by atoms with Gasteiger partial charge in [0.25, 0.3) is 0 Å². The summed E-state index contributed by atoms with van der Waals surface area (Å²) in [6, 6.07) is 7.91. The number of nitrogens with one attached hydrogen (secondary N) is 1. The number of nitriles is 1. The summed E-state index contributed by atoms with van der Waals surface area (Å²) >= 11 is 0. The minimum Gasteiger partial charge on any atom is -0.486 e. The van der Waals surface area contributed by atoms with Gasteiger partial charge >= 0.3 is 0 Å². The van der Waals surface area contributed by atoms with E-state index in [2.05, 4.69) is 11.4 Å². The molecule has 0 fully saturated rings. The molecule has 1 aliphatic heterocycles. The third-order valence-electron chi connectivity index (χ3n) is 3.21. The Morgan fingerprint density at radius 3 is 2.76 bits per heavy atom. The Morgan fingerprint density at radius 2 is 2.05 bits per heavy atom. The number of ether oxygens (including phenoxy) is 2. The average Bonchev–Trinajstić information content (AvgIpc) is 2.46. The Bertz CT molecular complexity index is 561. The fraction of sp³-hybridized carbons (Fsp3) is 0.500. The summed E-state index contributed by atoms with van der Waals surface area (Å²) in [5, 5.41) is 11.6. The summed E-state index contributed by atoms with van der Waals surface area (Å²) in [4.78, 5) is 11.7. The molecule has 1 amide bonds. The first-order valence-electron chi connectivity index (χ1n) is 7.11. The Labute approximate surface area is 124 Å². The van der Waals surface area contributed by atoms with Gasteiger partial charge in [-0.2, -0.15) is 5.26 Å². The van der Waals surface area contributed by atoms with Crippen LogP contribution in [-0.4, -0.2) is 24.7 Å². The third kappa shape index (κ3) is 4.38. The molecular formula is C16H20N2O3. The fourth-order valence-electron chi connectivity index (χ4n) is 2.14. The highest BCUT2D eigenvalue weighted by molar-refractivity contribution is 5.77. The van der Waals surface area contributed by atoms with E-state index >= 15 is 0 Å². The second kappa shape index (κ2) is 6.49. The molecule has 1 aromatic rings. The van der Waals surface area contributed by atoms with Crippen LogP contribution in [0.1, 0.15) is 32.3 Å². The molecule has 112 valence electrons. The van der Waals surface area contributed by atoms with E-state index in [4.69, 9.17) is 14.7 Å². The van der Waals surface area contributed by atoms with Crippen molar-refractivity contribution in [2.75, 3.05) is 13.2 Å². The van der Waals surface area contributed by atoms with Gasteiger partial charge in [0.05, 0.1) is 6.07 Å². The molecule has 0 aromatic heterocycles. The summed E-state index contributed by atoms with van der Waals surface area (Å²) in [7, 11) is 0. The highest BCUT2D eigenvalue weighted by atomic mass is 16.6. The summed E-state index contributed by atoms with van der Waals surface area (Å²) in [6.45, 7) is 4.53. The van der Waals surface area contributed by atoms with Gasteiger partial charge in [-0.15, -0.1) is 0 Å². The average molecular weight is 288 g/mol. The zero-order valence-electron chi connectivity index (χ0n) is 12.4. The van der Waals surface area contributed by atoms with Gasteiger partial charge in [-0.25, -0.2) is 0 Å². The molecule has 5 heteroatoms. The van der Waals surface area contributed by atoms with Crippen LogP contribution in [-0.2, 0) is 11.2 Å². The predicted octanol–water partition coefficient (Wildman–Crippen LogP) is 2.20. The SMILES string of the molecule is CC(C)(C#N)NC(=O)CCCc1ccc2c(c1)OCCO2. The van der Waals surface area contributed by atoms with E-state index < -0.39 is 5.54 Å². The van der Waals surface area contributed by atoms with Crippen LogP contribution < -0.4 is 14.8 Å². The van der Waals surface area contributed by atoms with Crippen molar-refractivity contribution in [1.29, 1.82) is 5.26 Å². The number of benzene rings is 1. The second-order valence-electron chi connectivity index (χ2n) is 5.62. The standard InChI is InChI=1S/C16H20N2O3/c1-16(2,11-17)18-15(19)5-3-4-12-6-7-13-14(10-12)21-9-8-20-13/h6-7,10H,3-5,8-9H2,1-2H3,(H,18,19). The quantitative estimate of drug-likeness (QED) is 0.901. The minimum absolute atomic E-state index is 0.0981. The van der Waals surface area contributed by atoms with E-state index in [1.165, 1.54) is 0 Å². The van der Waals surface area contributed by atoms with Crippen molar-refractivity contribution in [2.24, 2.45) is 0 Å². The van der Waals surface area contributed by atoms with Crippen molar-refractivity contribution in [3.05, 3.63) is 23.8 Å². The first kappa shape index (κ1) is 15.2. The molecule has 1 aliphatic rings. The highest BCUT2D eigenvalue weighted by Gasteiger charge is 2.18. The van der Waals surface area contributed by atoms with Crippen molar-refractivity contribution in [3.63, 3.8) is 0 Å². The van der Waals surface area contributed by atoms with E-state index in [0.717, 1.165) is 29.9 Å². The van der Waals surface area contributed by atoms with Crippen molar-refractivity contribution >= 4 is 5.91 Å². The maximum absolute atomic E-state index is 11.7. The Morgan fingerprint density at radius 1 is 1.33 bits per heavy atom. The molecule has 5 nitrogen and oxygen atoms in total. The summed E-state index contributed by atoms with van der Waals surface area (Å²) in [6.07, 6.45) is 1.92. The van der Waals surface area contributed by atoms with Gasteiger partial charge in [-0.05, 0) is 44.4 Å². The van der Waals surface area contributed by atoms with Crippen molar-refractivity contribution in [1.82, 2.24) is 5.32 Å². The molecule has 0 unspecified atom stereocenters. The number of amides is 1. The van der Waals surface area contributed by atoms with Crippen LogP contribution >= 0.6 is 0 Å². The lowest BCUT2D eigenvalue weighted by Gasteiger charge is -2.19. The predicted molar refractivity (Wildman–Crippen MR) is 78.2 cm³/mol. The summed E-state index contributed by atoms with van der Waals surface area (Å²) in [5.74, 6) is 1.45. The lowest BCUT2D eigenvalue weighted by atomic mass is 10.1. The maximum atomic E-state index is 11.7. The number of nitrogens with zero attached hydrogens (tertiary/aromatic N) is 1. The highest BCUT2D eigenvalue weighted by Crippen LogP contribution is 2.31. The van der Waals surface area contributed by atoms with Crippen LogP contribution in [0.25, 0.3) is 0 Å². The van der Waals surface area contributed by atoms with Crippen molar-refractivity contribution < 1.29 is 14.3 Å². The minimum atomic E-state index is -0.811. The molecular weight excluding hydrogens is 268 g/mol. The van der Waals surface area contributed by atoms with Crippen molar-refractivity contribution in [3.8, 4) is 17.6 Å². The number of carbonyl (C=O) groups excluding carboxylic acids is 1. The van der Waals surface area contributed by atoms with E-state index in [-0.39, 0.29) is 5.91 Å². The monoisotopic (exact) mass is 288 g/mol. The van der Waals surface area contributed by atoms with Crippen LogP contribution in [0.2, 0.25) is 0 Å². The number of carbonyl (C=O) groups is 1. The molecule has 1 aromatic carbocycles. The van der Waals surface area contributed by atoms with Gasteiger partial charge in [0, 0.05) is 6.42 Å². The van der Waals surface area contributed by atoms with Gasteiger partial charge in [0.2, 0.25) is 5.91 Å². The Hall–Kier alpha value is -2.22. The van der Waals surface area contributed by atoms with Gasteiger partial charge in [-0.3, -0.25) is 4.79 Å². The van der Waals surface area contributed by atoms with Crippen LogP contribution in [0, 0.1) is 11.3 Å². The number of aryl methyl sites for hydroxylation is 1. The molecule has 0 saturated carbocycles. The largest absolute Gasteiger partial charge is 0.486 e. The second-order valence-corrected chi connectivity index (χ2v) is 5.62. The molecule has 2 rings (SSSR count). The first-order chi connectivity index (χ1) is 10.00. The molecule has 0 aliphatic carbocycles. The molecule has 1 N–H and O–H groups in total. The number of fused-ring (bicyclic) bond motifs is 1. The third-order valence-corrected chi connectivity index (χ3v) is 3.21. The van der Waals surface area contributed by atoms with Gasteiger partial charge < -0.3 is 14.8 Å². The van der Waals surface area contributed by atoms with E-state index in [1.54, 1.807) is 13.8 Å². The lowest BCUT2D eigenvalue weighted by molar-refractivity contribution is -0.122. The van der Waals surface area contributed by atoms with Gasteiger partial charge in [0.15, 0.2) is 11.5 Å². The number of rotatable bonds is 5. The van der Waals surface area contributed by atoms with Gasteiger partial charge in [-0.1, -0.05) is 6.07 Å². The Kier molecular flexibility index (Phi) is 4.69.